The molecule has 1 aromatic heterocycles. The predicted molar refractivity (Wildman–Crippen MR) is 98.6 cm³/mol. The molecule has 1 saturated heterocycles. The Labute approximate surface area is 157 Å². The zero-order chi connectivity index (χ0) is 19.2. The third-order valence-corrected chi connectivity index (χ3v) is 4.54. The van der Waals surface area contributed by atoms with Crippen LogP contribution in [0.5, 0.6) is 0 Å². The number of hydrogen-bond acceptors (Lipinski definition) is 5. The van der Waals surface area contributed by atoms with Crippen LogP contribution in [0.15, 0.2) is 35.7 Å². The van der Waals surface area contributed by atoms with E-state index in [9.17, 15) is 13.2 Å². The van der Waals surface area contributed by atoms with Crippen LogP contribution in [0.4, 0.5) is 18.9 Å². The van der Waals surface area contributed by atoms with Gasteiger partial charge in [0.05, 0.1) is 5.56 Å². The minimum Gasteiger partial charge on any atom is -0.369 e. The number of aryl methyl sites for hydroxylation is 1. The van der Waals surface area contributed by atoms with Crippen LogP contribution in [0.2, 0.25) is 0 Å². The van der Waals surface area contributed by atoms with Gasteiger partial charge >= 0.3 is 6.18 Å². The first-order valence-corrected chi connectivity index (χ1v) is 8.93. The summed E-state index contributed by atoms with van der Waals surface area (Å²) in [5, 5.41) is 7.79. The van der Waals surface area contributed by atoms with Gasteiger partial charge in [0.25, 0.3) is 0 Å². The van der Waals surface area contributed by atoms with Crippen molar-refractivity contribution in [3.63, 3.8) is 0 Å². The van der Waals surface area contributed by atoms with Crippen LogP contribution in [0.3, 0.4) is 0 Å². The Balaban J connectivity index is 0.000000290. The summed E-state index contributed by atoms with van der Waals surface area (Å²) < 4.78 is 39.7. The van der Waals surface area contributed by atoms with Crippen molar-refractivity contribution in [3.05, 3.63) is 36.2 Å². The maximum atomic E-state index is 12.7. The highest BCUT2D eigenvalue weighted by Crippen LogP contribution is 2.31. The molecule has 0 unspecified atom stereocenters. The van der Waals surface area contributed by atoms with E-state index in [0.29, 0.717) is 10.8 Å². The number of nitrogens with zero attached hydrogens (tertiary/aromatic N) is 5. The fraction of sp³-hybridized carbons (Fsp3) is 0.529. The molecule has 1 aromatic carbocycles. The minimum atomic E-state index is -4.26. The number of alkyl halides is 3. The summed E-state index contributed by atoms with van der Waals surface area (Å²) in [6.07, 6.45) is -1.55. The molecule has 2 aromatic rings. The van der Waals surface area contributed by atoms with Gasteiger partial charge < -0.3 is 9.47 Å². The molecule has 0 bridgehead atoms. The van der Waals surface area contributed by atoms with Crippen molar-refractivity contribution in [2.45, 2.75) is 24.7 Å². The molecule has 0 saturated carbocycles. The van der Waals surface area contributed by atoms with E-state index in [1.807, 2.05) is 11.9 Å². The van der Waals surface area contributed by atoms with Crippen molar-refractivity contribution < 1.29 is 13.2 Å². The number of rotatable bonds is 3. The molecule has 1 aliphatic rings. The van der Waals surface area contributed by atoms with E-state index in [0.717, 1.165) is 45.2 Å². The van der Waals surface area contributed by atoms with Gasteiger partial charge in [0, 0.05) is 38.9 Å². The van der Waals surface area contributed by atoms with Crippen molar-refractivity contribution in [2.24, 2.45) is 7.05 Å². The first-order chi connectivity index (χ1) is 12.3. The SMILES string of the molecule is CCCN1CCN(c2cccc(C(F)(F)F)c2)CC1.Cn1cnnc1S. The Morgan fingerprint density at radius 3 is 2.31 bits per heavy atom. The smallest absolute Gasteiger partial charge is 0.369 e. The van der Waals surface area contributed by atoms with Gasteiger partial charge in [-0.3, -0.25) is 4.90 Å². The maximum Gasteiger partial charge on any atom is 0.416 e. The van der Waals surface area contributed by atoms with Crippen molar-refractivity contribution in [1.82, 2.24) is 19.7 Å². The summed E-state index contributed by atoms with van der Waals surface area (Å²) in [6.45, 7) is 6.63. The van der Waals surface area contributed by atoms with Gasteiger partial charge in [0.1, 0.15) is 6.33 Å². The van der Waals surface area contributed by atoms with Gasteiger partial charge in [-0.1, -0.05) is 13.0 Å². The summed E-state index contributed by atoms with van der Waals surface area (Å²) in [6, 6.07) is 5.60. The molecule has 5 nitrogen and oxygen atoms in total. The second-order valence-electron chi connectivity index (χ2n) is 6.12. The number of halogens is 3. The summed E-state index contributed by atoms with van der Waals surface area (Å²) in [5.74, 6) is 0. The van der Waals surface area contributed by atoms with E-state index >= 15 is 0 Å². The topological polar surface area (TPSA) is 37.2 Å². The quantitative estimate of drug-likeness (QED) is 0.820. The molecule has 0 radical (unpaired) electrons. The molecule has 0 spiro atoms. The van der Waals surface area contributed by atoms with E-state index in [1.54, 1.807) is 17.0 Å². The third-order valence-electron chi connectivity index (χ3n) is 4.14. The molecule has 26 heavy (non-hydrogen) atoms. The molecular formula is C17H24F3N5S. The average Bonchev–Trinajstić information content (AvgIpc) is 2.99. The van der Waals surface area contributed by atoms with E-state index in [-0.39, 0.29) is 0 Å². The molecule has 0 atom stereocenters. The second kappa shape index (κ2) is 9.27. The molecule has 0 amide bonds. The van der Waals surface area contributed by atoms with Crippen LogP contribution in [-0.2, 0) is 13.2 Å². The van der Waals surface area contributed by atoms with Gasteiger partial charge in [-0.25, -0.2) is 0 Å². The first-order valence-electron chi connectivity index (χ1n) is 8.48. The summed E-state index contributed by atoms with van der Waals surface area (Å²) in [7, 11) is 1.84. The highest BCUT2D eigenvalue weighted by atomic mass is 32.1. The monoisotopic (exact) mass is 387 g/mol. The molecule has 0 N–H and O–H groups in total. The normalized spacial score (nSPS) is 15.5. The van der Waals surface area contributed by atoms with Crippen molar-refractivity contribution in [1.29, 1.82) is 0 Å². The molecule has 1 aliphatic heterocycles. The maximum absolute atomic E-state index is 12.7. The van der Waals surface area contributed by atoms with Crippen molar-refractivity contribution in [2.75, 3.05) is 37.6 Å². The Hall–Kier alpha value is -1.74. The van der Waals surface area contributed by atoms with E-state index in [4.69, 9.17) is 0 Å². The van der Waals surface area contributed by atoms with Gasteiger partial charge in [-0.15, -0.1) is 22.8 Å². The fourth-order valence-electron chi connectivity index (χ4n) is 2.70. The molecule has 2 heterocycles. The summed E-state index contributed by atoms with van der Waals surface area (Å²) in [4.78, 5) is 4.38. The lowest BCUT2D eigenvalue weighted by molar-refractivity contribution is -0.137. The Morgan fingerprint density at radius 2 is 1.85 bits per heavy atom. The molecule has 1 fully saturated rings. The second-order valence-corrected chi connectivity index (χ2v) is 6.52. The third kappa shape index (κ3) is 5.91. The number of hydrogen-bond donors (Lipinski definition) is 1. The predicted octanol–water partition coefficient (Wildman–Crippen LogP) is 3.34. The molecule has 9 heteroatoms. The van der Waals surface area contributed by atoms with Gasteiger partial charge in [-0.2, -0.15) is 13.2 Å². The molecular weight excluding hydrogens is 363 g/mol. The highest BCUT2D eigenvalue weighted by Gasteiger charge is 2.31. The zero-order valence-electron chi connectivity index (χ0n) is 14.9. The Bertz CT molecular complexity index is 665. The van der Waals surface area contributed by atoms with Crippen LogP contribution in [0, 0.1) is 0 Å². The summed E-state index contributed by atoms with van der Waals surface area (Å²) in [5.41, 5.74) is 0.104. The van der Waals surface area contributed by atoms with Gasteiger partial charge in [0.15, 0.2) is 5.16 Å². The largest absolute Gasteiger partial charge is 0.416 e. The number of aromatic nitrogens is 3. The number of anilines is 1. The number of benzene rings is 1. The average molecular weight is 387 g/mol. The molecule has 3 rings (SSSR count). The van der Waals surface area contributed by atoms with Crippen LogP contribution in [0.25, 0.3) is 0 Å². The van der Waals surface area contributed by atoms with Crippen molar-refractivity contribution >= 4 is 18.3 Å². The minimum absolute atomic E-state index is 0.569. The van der Waals surface area contributed by atoms with E-state index < -0.39 is 11.7 Å². The van der Waals surface area contributed by atoms with E-state index in [2.05, 4.69) is 34.6 Å². The van der Waals surface area contributed by atoms with Gasteiger partial charge in [-0.05, 0) is 31.2 Å². The Morgan fingerprint density at radius 1 is 1.15 bits per heavy atom. The summed E-state index contributed by atoms with van der Waals surface area (Å²) >= 11 is 3.94. The Kier molecular flexibility index (Phi) is 7.33. The van der Waals surface area contributed by atoms with Crippen LogP contribution in [0.1, 0.15) is 18.9 Å². The van der Waals surface area contributed by atoms with Crippen molar-refractivity contribution in [3.8, 4) is 0 Å². The van der Waals surface area contributed by atoms with E-state index in [1.165, 1.54) is 12.1 Å². The lowest BCUT2D eigenvalue weighted by Gasteiger charge is -2.36. The molecule has 144 valence electrons. The number of piperazine rings is 1. The number of thiol groups is 1. The standard InChI is InChI=1S/C14H19F3N2.C3H5N3S/c1-2-6-18-7-9-19(10-8-18)13-5-3-4-12(11-13)14(15,16)17;1-6-2-4-5-3(6)7/h3-5,11H,2,6-10H2,1H3;2H,1H3,(H,5,7). The van der Waals surface area contributed by atoms with Gasteiger partial charge in [0.2, 0.25) is 0 Å². The van der Waals surface area contributed by atoms with Crippen LogP contribution < -0.4 is 4.90 Å². The lowest BCUT2D eigenvalue weighted by atomic mass is 10.1. The lowest BCUT2D eigenvalue weighted by Crippen LogP contribution is -2.46. The zero-order valence-corrected chi connectivity index (χ0v) is 15.8. The highest BCUT2D eigenvalue weighted by molar-refractivity contribution is 7.80. The van der Waals surface area contributed by atoms with Crippen LogP contribution >= 0.6 is 12.6 Å². The fourth-order valence-corrected chi connectivity index (χ4v) is 2.81. The van der Waals surface area contributed by atoms with Crippen LogP contribution in [-0.4, -0.2) is 52.4 Å². The molecule has 0 aliphatic carbocycles. The first kappa shape index (κ1) is 20.6.